The van der Waals surface area contributed by atoms with Crippen molar-refractivity contribution in [1.82, 2.24) is 15.1 Å². The third kappa shape index (κ3) is 3.57. The summed E-state index contributed by atoms with van der Waals surface area (Å²) >= 11 is 0. The second-order valence-electron chi connectivity index (χ2n) is 6.50. The van der Waals surface area contributed by atoms with E-state index in [9.17, 15) is 9.59 Å². The quantitative estimate of drug-likeness (QED) is 0.584. The van der Waals surface area contributed by atoms with Crippen LogP contribution in [0.4, 0.5) is 0 Å². The Hall–Kier alpha value is -3.67. The van der Waals surface area contributed by atoms with Gasteiger partial charge in [-0.3, -0.25) is 9.59 Å². The van der Waals surface area contributed by atoms with Gasteiger partial charge in [0.05, 0.1) is 17.6 Å². The van der Waals surface area contributed by atoms with E-state index in [4.69, 9.17) is 4.74 Å². The highest BCUT2D eigenvalue weighted by atomic mass is 16.5. The summed E-state index contributed by atoms with van der Waals surface area (Å²) in [6.45, 7) is 0.122. The molecule has 0 radical (unpaired) electrons. The highest BCUT2D eigenvalue weighted by Gasteiger charge is 2.10. The van der Waals surface area contributed by atoms with Crippen molar-refractivity contribution in [2.45, 2.75) is 6.54 Å². The smallest absolute Gasteiger partial charge is 0.274 e. The fraction of sp³-hybridized carbons (Fsp3) is 0.136. The average Bonchev–Trinajstić information content (AvgIpc) is 2.73. The van der Waals surface area contributed by atoms with E-state index in [2.05, 4.69) is 10.4 Å². The third-order valence-corrected chi connectivity index (χ3v) is 4.58. The first kappa shape index (κ1) is 17.7. The second-order valence-corrected chi connectivity index (χ2v) is 6.50. The molecule has 4 rings (SSSR count). The number of benzene rings is 3. The molecule has 0 saturated carbocycles. The summed E-state index contributed by atoms with van der Waals surface area (Å²) in [5, 5.41) is 10.6. The monoisotopic (exact) mass is 373 g/mol. The van der Waals surface area contributed by atoms with Crippen molar-refractivity contribution in [3.05, 3.63) is 82.8 Å². The van der Waals surface area contributed by atoms with Crippen LogP contribution in [0.3, 0.4) is 0 Å². The van der Waals surface area contributed by atoms with Crippen molar-refractivity contribution in [3.63, 3.8) is 0 Å². The van der Waals surface area contributed by atoms with Crippen LogP contribution in [0.2, 0.25) is 0 Å². The molecule has 0 aliphatic heterocycles. The Labute approximate surface area is 161 Å². The molecule has 1 aromatic heterocycles. The Morgan fingerprint density at radius 1 is 1.00 bits per heavy atom. The predicted octanol–water partition coefficient (Wildman–Crippen LogP) is 2.78. The van der Waals surface area contributed by atoms with Crippen LogP contribution in [-0.2, 0) is 18.4 Å². The highest BCUT2D eigenvalue weighted by molar-refractivity contribution is 5.85. The maximum absolute atomic E-state index is 12.2. The molecule has 0 atom stereocenters. The SMILES string of the molecule is Cn1nc(CNC(=O)COc2ccc3ccccc3c2)c2ccccc2c1=O. The number of carbonyl (C=O) groups excluding carboxylic acids is 1. The summed E-state index contributed by atoms with van der Waals surface area (Å²) in [6.07, 6.45) is 0. The number of aromatic nitrogens is 2. The second kappa shape index (κ2) is 7.52. The minimum atomic E-state index is -0.257. The van der Waals surface area contributed by atoms with Gasteiger partial charge in [0.1, 0.15) is 5.75 Å². The molecule has 6 nitrogen and oxygen atoms in total. The number of hydrogen-bond acceptors (Lipinski definition) is 4. The number of nitrogens with one attached hydrogen (secondary N) is 1. The number of carbonyl (C=O) groups is 1. The van der Waals surface area contributed by atoms with Crippen LogP contribution in [-0.4, -0.2) is 22.3 Å². The highest BCUT2D eigenvalue weighted by Crippen LogP contribution is 2.20. The first-order chi connectivity index (χ1) is 13.6. The molecule has 1 heterocycles. The van der Waals surface area contributed by atoms with E-state index in [1.54, 1.807) is 13.1 Å². The first-order valence-corrected chi connectivity index (χ1v) is 8.95. The number of fused-ring (bicyclic) bond motifs is 2. The Balaban J connectivity index is 1.42. The van der Waals surface area contributed by atoms with Gasteiger partial charge in [-0.1, -0.05) is 48.5 Å². The van der Waals surface area contributed by atoms with Crippen molar-refractivity contribution in [2.24, 2.45) is 7.05 Å². The van der Waals surface area contributed by atoms with Crippen LogP contribution < -0.4 is 15.6 Å². The maximum atomic E-state index is 12.2. The number of amides is 1. The Morgan fingerprint density at radius 3 is 2.54 bits per heavy atom. The minimum absolute atomic E-state index is 0.0952. The van der Waals surface area contributed by atoms with E-state index < -0.39 is 0 Å². The zero-order valence-electron chi connectivity index (χ0n) is 15.4. The van der Waals surface area contributed by atoms with Crippen LogP contribution in [0.1, 0.15) is 5.69 Å². The number of rotatable bonds is 5. The molecule has 0 unspecified atom stereocenters. The molecule has 0 spiro atoms. The zero-order valence-corrected chi connectivity index (χ0v) is 15.4. The van der Waals surface area contributed by atoms with Crippen molar-refractivity contribution in [2.75, 3.05) is 6.61 Å². The number of aryl methyl sites for hydroxylation is 1. The van der Waals surface area contributed by atoms with Gasteiger partial charge in [0, 0.05) is 12.4 Å². The lowest BCUT2D eigenvalue weighted by Crippen LogP contribution is -2.30. The molecular weight excluding hydrogens is 354 g/mol. The summed E-state index contributed by atoms with van der Waals surface area (Å²) in [7, 11) is 1.60. The molecule has 3 aromatic carbocycles. The first-order valence-electron chi connectivity index (χ1n) is 8.95. The van der Waals surface area contributed by atoms with Gasteiger partial charge in [-0.05, 0) is 29.0 Å². The fourth-order valence-electron chi connectivity index (χ4n) is 3.15. The van der Waals surface area contributed by atoms with Crippen LogP contribution in [0.5, 0.6) is 5.75 Å². The maximum Gasteiger partial charge on any atom is 0.274 e. The summed E-state index contributed by atoms with van der Waals surface area (Å²) in [5.41, 5.74) is 0.474. The fourth-order valence-corrected chi connectivity index (χ4v) is 3.15. The topological polar surface area (TPSA) is 73.2 Å². The number of hydrogen-bond donors (Lipinski definition) is 1. The van der Waals surface area contributed by atoms with Crippen LogP contribution in [0.15, 0.2) is 71.5 Å². The molecule has 6 heteroatoms. The molecule has 4 aromatic rings. The lowest BCUT2D eigenvalue weighted by atomic mass is 10.1. The Kier molecular flexibility index (Phi) is 4.76. The molecule has 1 amide bonds. The third-order valence-electron chi connectivity index (χ3n) is 4.58. The number of ether oxygens (including phenoxy) is 1. The van der Waals surface area contributed by atoms with E-state index in [1.165, 1.54) is 4.68 Å². The summed E-state index contributed by atoms with van der Waals surface area (Å²) in [6, 6.07) is 20.9. The van der Waals surface area contributed by atoms with Gasteiger partial charge < -0.3 is 10.1 Å². The van der Waals surface area contributed by atoms with Gasteiger partial charge in [0.2, 0.25) is 0 Å². The van der Waals surface area contributed by atoms with Crippen LogP contribution >= 0.6 is 0 Å². The van der Waals surface area contributed by atoms with E-state index in [1.807, 2.05) is 60.7 Å². The average molecular weight is 373 g/mol. The summed E-state index contributed by atoms with van der Waals surface area (Å²) in [5.74, 6) is 0.382. The summed E-state index contributed by atoms with van der Waals surface area (Å²) in [4.78, 5) is 24.4. The largest absolute Gasteiger partial charge is 0.484 e. The molecule has 28 heavy (non-hydrogen) atoms. The van der Waals surface area contributed by atoms with Crippen molar-refractivity contribution in [3.8, 4) is 5.75 Å². The van der Waals surface area contributed by atoms with Gasteiger partial charge >= 0.3 is 0 Å². The van der Waals surface area contributed by atoms with E-state index in [0.29, 0.717) is 16.8 Å². The molecule has 140 valence electrons. The van der Waals surface area contributed by atoms with Crippen LogP contribution in [0, 0.1) is 0 Å². The molecule has 0 fully saturated rings. The molecule has 0 aliphatic carbocycles. The lowest BCUT2D eigenvalue weighted by molar-refractivity contribution is -0.123. The Bertz CT molecular complexity index is 1230. The van der Waals surface area contributed by atoms with Gasteiger partial charge in [-0.15, -0.1) is 0 Å². The molecule has 1 N–H and O–H groups in total. The van der Waals surface area contributed by atoms with E-state index >= 15 is 0 Å². The van der Waals surface area contributed by atoms with Gasteiger partial charge in [-0.2, -0.15) is 5.10 Å². The summed E-state index contributed by atoms with van der Waals surface area (Å²) < 4.78 is 6.89. The molecular formula is C22H19N3O3. The molecule has 0 saturated heterocycles. The van der Waals surface area contributed by atoms with Gasteiger partial charge in [0.15, 0.2) is 6.61 Å². The standard InChI is InChI=1S/C22H19N3O3/c1-25-22(27)19-9-5-4-8-18(19)20(24-25)13-23-21(26)14-28-17-11-10-15-6-2-3-7-16(15)12-17/h2-12H,13-14H2,1H3,(H,23,26). The van der Waals surface area contributed by atoms with Crippen molar-refractivity contribution in [1.29, 1.82) is 0 Å². The molecule has 0 bridgehead atoms. The van der Waals surface area contributed by atoms with E-state index in [-0.39, 0.29) is 24.6 Å². The van der Waals surface area contributed by atoms with Crippen LogP contribution in [0.25, 0.3) is 21.5 Å². The zero-order chi connectivity index (χ0) is 19.5. The number of nitrogens with zero attached hydrogens (tertiary/aromatic N) is 2. The van der Waals surface area contributed by atoms with Crippen molar-refractivity contribution < 1.29 is 9.53 Å². The minimum Gasteiger partial charge on any atom is -0.484 e. The Morgan fingerprint density at radius 2 is 1.71 bits per heavy atom. The van der Waals surface area contributed by atoms with Crippen molar-refractivity contribution >= 4 is 27.5 Å². The predicted molar refractivity (Wildman–Crippen MR) is 108 cm³/mol. The van der Waals surface area contributed by atoms with Gasteiger partial charge in [0.25, 0.3) is 11.5 Å². The molecule has 0 aliphatic rings. The van der Waals surface area contributed by atoms with E-state index in [0.717, 1.165) is 16.2 Å². The van der Waals surface area contributed by atoms with Gasteiger partial charge in [-0.25, -0.2) is 4.68 Å². The lowest BCUT2D eigenvalue weighted by Gasteiger charge is -2.10. The normalized spacial score (nSPS) is 10.9.